The first-order valence-electron chi connectivity index (χ1n) is 6.41. The predicted octanol–water partition coefficient (Wildman–Crippen LogP) is 0.648. The van der Waals surface area contributed by atoms with Crippen LogP contribution in [0.1, 0.15) is 6.42 Å². The van der Waals surface area contributed by atoms with Crippen LogP contribution in [-0.4, -0.2) is 61.9 Å². The molecule has 0 aliphatic carbocycles. The van der Waals surface area contributed by atoms with Crippen LogP contribution in [0.3, 0.4) is 0 Å². The number of para-hydroxylation sites is 1. The number of nitrogens with zero attached hydrogens (tertiary/aromatic N) is 2. The van der Waals surface area contributed by atoms with Crippen molar-refractivity contribution in [3.63, 3.8) is 0 Å². The van der Waals surface area contributed by atoms with Gasteiger partial charge in [0, 0.05) is 27.2 Å². The lowest BCUT2D eigenvalue weighted by atomic mass is 10.3. The van der Waals surface area contributed by atoms with Crippen molar-refractivity contribution in [2.45, 2.75) is 6.42 Å². The Labute approximate surface area is 124 Å². The summed E-state index contributed by atoms with van der Waals surface area (Å²) in [5.74, 6) is -0.366. The van der Waals surface area contributed by atoms with E-state index in [2.05, 4.69) is 0 Å². The SMILES string of the molecule is CN(CCOc1ccccc1)S(=O)(=O)N(C)CCC(=O)O. The molecule has 0 aliphatic heterocycles. The highest BCUT2D eigenvalue weighted by Crippen LogP contribution is 2.09. The van der Waals surface area contributed by atoms with Crippen molar-refractivity contribution in [2.75, 3.05) is 33.8 Å². The van der Waals surface area contributed by atoms with Crippen molar-refractivity contribution in [3.8, 4) is 5.75 Å². The maximum Gasteiger partial charge on any atom is 0.304 e. The molecule has 1 aromatic carbocycles. The number of carboxylic acids is 1. The second-order valence-corrected chi connectivity index (χ2v) is 6.60. The minimum Gasteiger partial charge on any atom is -0.492 e. The Bertz CT molecular complexity index is 547. The summed E-state index contributed by atoms with van der Waals surface area (Å²) in [6.07, 6.45) is -0.232. The minimum absolute atomic E-state index is 0.0679. The quantitative estimate of drug-likeness (QED) is 0.723. The fourth-order valence-electron chi connectivity index (χ4n) is 1.53. The largest absolute Gasteiger partial charge is 0.492 e. The zero-order valence-corrected chi connectivity index (χ0v) is 12.9. The summed E-state index contributed by atoms with van der Waals surface area (Å²) < 4.78 is 31.8. The van der Waals surface area contributed by atoms with Crippen LogP contribution in [0.25, 0.3) is 0 Å². The summed E-state index contributed by atoms with van der Waals surface area (Å²) in [7, 11) is -0.880. The van der Waals surface area contributed by atoms with E-state index in [1.165, 1.54) is 14.1 Å². The highest BCUT2D eigenvalue weighted by atomic mass is 32.2. The van der Waals surface area contributed by atoms with Crippen LogP contribution in [0, 0.1) is 0 Å². The van der Waals surface area contributed by atoms with E-state index in [0.717, 1.165) is 8.61 Å². The summed E-state index contributed by atoms with van der Waals surface area (Å²) in [6.45, 7) is 0.322. The van der Waals surface area contributed by atoms with Crippen molar-refractivity contribution in [2.24, 2.45) is 0 Å². The number of hydrogen-bond donors (Lipinski definition) is 1. The molecular formula is C13H20N2O5S. The van der Waals surface area contributed by atoms with E-state index in [-0.39, 0.29) is 26.1 Å². The molecule has 0 radical (unpaired) electrons. The average Bonchev–Trinajstić information content (AvgIpc) is 2.45. The van der Waals surface area contributed by atoms with Crippen molar-refractivity contribution < 1.29 is 23.1 Å². The maximum absolute atomic E-state index is 12.1. The van der Waals surface area contributed by atoms with E-state index in [1.807, 2.05) is 18.2 Å². The Balaban J connectivity index is 2.45. The van der Waals surface area contributed by atoms with Gasteiger partial charge in [-0.2, -0.15) is 17.0 Å². The predicted molar refractivity (Wildman–Crippen MR) is 78.4 cm³/mol. The van der Waals surface area contributed by atoms with E-state index in [1.54, 1.807) is 12.1 Å². The first-order chi connectivity index (χ1) is 9.84. The van der Waals surface area contributed by atoms with Gasteiger partial charge in [0.05, 0.1) is 6.42 Å². The summed E-state index contributed by atoms with van der Waals surface area (Å²) in [5, 5.41) is 8.58. The molecule has 1 aromatic rings. The molecule has 0 atom stereocenters. The third-order valence-corrected chi connectivity index (χ3v) is 4.79. The topological polar surface area (TPSA) is 87.2 Å². The van der Waals surface area contributed by atoms with E-state index in [9.17, 15) is 13.2 Å². The van der Waals surface area contributed by atoms with Crippen LogP contribution in [0.4, 0.5) is 0 Å². The van der Waals surface area contributed by atoms with Crippen LogP contribution in [0.2, 0.25) is 0 Å². The number of benzene rings is 1. The number of carbonyl (C=O) groups is 1. The van der Waals surface area contributed by atoms with Gasteiger partial charge < -0.3 is 9.84 Å². The Morgan fingerprint density at radius 1 is 1.14 bits per heavy atom. The van der Waals surface area contributed by atoms with Gasteiger partial charge in [-0.15, -0.1) is 0 Å². The zero-order valence-electron chi connectivity index (χ0n) is 12.1. The van der Waals surface area contributed by atoms with Gasteiger partial charge in [0.1, 0.15) is 12.4 Å². The molecule has 0 spiro atoms. The molecule has 0 amide bonds. The van der Waals surface area contributed by atoms with E-state index in [4.69, 9.17) is 9.84 Å². The minimum atomic E-state index is -3.67. The van der Waals surface area contributed by atoms with E-state index < -0.39 is 16.2 Å². The van der Waals surface area contributed by atoms with E-state index >= 15 is 0 Å². The third kappa shape index (κ3) is 5.70. The van der Waals surface area contributed by atoms with Gasteiger partial charge in [-0.1, -0.05) is 18.2 Å². The third-order valence-electron chi connectivity index (χ3n) is 2.85. The highest BCUT2D eigenvalue weighted by Gasteiger charge is 2.23. The second kappa shape index (κ2) is 7.96. The van der Waals surface area contributed by atoms with Gasteiger partial charge in [-0.3, -0.25) is 4.79 Å². The Morgan fingerprint density at radius 2 is 1.71 bits per heavy atom. The molecule has 1 rings (SSSR count). The molecule has 118 valence electrons. The molecule has 0 fully saturated rings. The standard InChI is InChI=1S/C13H20N2O5S/c1-14(9-8-13(16)17)21(18,19)15(2)10-11-20-12-6-4-3-5-7-12/h3-7H,8-11H2,1-2H3,(H,16,17). The fraction of sp³-hybridized carbons (Fsp3) is 0.462. The summed E-state index contributed by atoms with van der Waals surface area (Å²) in [4.78, 5) is 10.5. The van der Waals surface area contributed by atoms with Gasteiger partial charge >= 0.3 is 5.97 Å². The lowest BCUT2D eigenvalue weighted by Gasteiger charge is -2.23. The molecule has 0 unspecified atom stereocenters. The number of likely N-dealkylation sites (N-methyl/N-ethyl adjacent to an activating group) is 1. The second-order valence-electron chi connectivity index (χ2n) is 4.46. The molecule has 21 heavy (non-hydrogen) atoms. The molecular weight excluding hydrogens is 296 g/mol. The van der Waals surface area contributed by atoms with Gasteiger partial charge in [-0.05, 0) is 12.1 Å². The molecule has 0 heterocycles. The summed E-state index contributed by atoms with van der Waals surface area (Å²) in [5.41, 5.74) is 0. The number of aliphatic carboxylic acids is 1. The average molecular weight is 316 g/mol. The van der Waals surface area contributed by atoms with Crippen LogP contribution >= 0.6 is 0 Å². The normalized spacial score (nSPS) is 11.8. The van der Waals surface area contributed by atoms with Crippen LogP contribution in [0.5, 0.6) is 5.75 Å². The van der Waals surface area contributed by atoms with Gasteiger partial charge in [0.15, 0.2) is 0 Å². The van der Waals surface area contributed by atoms with E-state index in [0.29, 0.717) is 5.75 Å². The lowest BCUT2D eigenvalue weighted by molar-refractivity contribution is -0.137. The molecule has 0 aliphatic rings. The van der Waals surface area contributed by atoms with Crippen molar-refractivity contribution >= 4 is 16.2 Å². The highest BCUT2D eigenvalue weighted by molar-refractivity contribution is 7.86. The Hall–Kier alpha value is -1.64. The Morgan fingerprint density at radius 3 is 2.29 bits per heavy atom. The number of carboxylic acid groups (broad SMARTS) is 1. The number of hydrogen-bond acceptors (Lipinski definition) is 4. The van der Waals surface area contributed by atoms with Crippen LogP contribution in [0.15, 0.2) is 30.3 Å². The number of rotatable bonds is 9. The summed E-state index contributed by atoms with van der Waals surface area (Å²) in [6, 6.07) is 9.09. The van der Waals surface area contributed by atoms with Gasteiger partial charge in [-0.25, -0.2) is 0 Å². The summed E-state index contributed by atoms with van der Waals surface area (Å²) >= 11 is 0. The molecule has 1 N–H and O–H groups in total. The molecule has 7 nitrogen and oxygen atoms in total. The lowest BCUT2D eigenvalue weighted by Crippen LogP contribution is -2.42. The first-order valence-corrected chi connectivity index (χ1v) is 7.81. The fourth-order valence-corrected chi connectivity index (χ4v) is 2.63. The molecule has 0 bridgehead atoms. The molecule has 0 saturated heterocycles. The van der Waals surface area contributed by atoms with Crippen molar-refractivity contribution in [1.29, 1.82) is 0 Å². The molecule has 8 heteroatoms. The van der Waals surface area contributed by atoms with Crippen LogP contribution in [-0.2, 0) is 15.0 Å². The number of ether oxygens (including phenoxy) is 1. The zero-order chi connectivity index (χ0) is 15.9. The molecule has 0 aromatic heterocycles. The smallest absolute Gasteiger partial charge is 0.304 e. The van der Waals surface area contributed by atoms with Gasteiger partial charge in [0.25, 0.3) is 10.2 Å². The molecule has 0 saturated carbocycles. The van der Waals surface area contributed by atoms with Crippen molar-refractivity contribution in [3.05, 3.63) is 30.3 Å². The Kier molecular flexibility index (Phi) is 6.60. The van der Waals surface area contributed by atoms with Gasteiger partial charge in [0.2, 0.25) is 0 Å². The van der Waals surface area contributed by atoms with Crippen molar-refractivity contribution in [1.82, 2.24) is 8.61 Å². The first kappa shape index (κ1) is 17.4. The maximum atomic E-state index is 12.1. The van der Waals surface area contributed by atoms with Crippen LogP contribution < -0.4 is 4.74 Å². The monoisotopic (exact) mass is 316 g/mol.